The predicted octanol–water partition coefficient (Wildman–Crippen LogP) is 1.22. The predicted molar refractivity (Wildman–Crippen MR) is 62.1 cm³/mol. The molecular weight excluding hydrogens is 206 g/mol. The lowest BCUT2D eigenvalue weighted by molar-refractivity contribution is -0.133. The molecule has 16 heavy (non-hydrogen) atoms. The first kappa shape index (κ1) is 13.5. The Hall–Kier alpha value is -0.610. The molecule has 0 unspecified atom stereocenters. The number of ether oxygens (including phenoxy) is 1. The van der Waals surface area contributed by atoms with Gasteiger partial charge in [0.2, 0.25) is 5.91 Å². The number of aliphatic hydroxyl groups is 1. The second kappa shape index (κ2) is 5.15. The van der Waals surface area contributed by atoms with Crippen LogP contribution in [0.5, 0.6) is 0 Å². The standard InChI is InChI=1S/C12H23NO3/c1-11(2,3)16-8-10(15)13-12(9-14)6-4-5-7-12/h14H,4-9H2,1-3H3,(H,13,15). The summed E-state index contributed by atoms with van der Waals surface area (Å²) in [5.41, 5.74) is -0.697. The fourth-order valence-corrected chi connectivity index (χ4v) is 1.99. The molecule has 1 saturated carbocycles. The Balaban J connectivity index is 2.38. The molecule has 0 atom stereocenters. The molecule has 1 rings (SSSR count). The van der Waals surface area contributed by atoms with E-state index in [1.807, 2.05) is 20.8 Å². The number of amides is 1. The quantitative estimate of drug-likeness (QED) is 0.762. The summed E-state index contributed by atoms with van der Waals surface area (Å²) >= 11 is 0. The Morgan fingerprint density at radius 3 is 2.38 bits per heavy atom. The molecule has 0 heterocycles. The number of carbonyl (C=O) groups excluding carboxylic acids is 1. The highest BCUT2D eigenvalue weighted by Gasteiger charge is 2.34. The van der Waals surface area contributed by atoms with Crippen LogP contribution in [0.15, 0.2) is 0 Å². The number of rotatable bonds is 4. The van der Waals surface area contributed by atoms with Crippen molar-refractivity contribution in [2.75, 3.05) is 13.2 Å². The van der Waals surface area contributed by atoms with Crippen molar-refractivity contribution in [1.29, 1.82) is 0 Å². The Bertz CT molecular complexity index is 239. The normalized spacial score (nSPS) is 19.8. The van der Waals surface area contributed by atoms with E-state index in [2.05, 4.69) is 5.32 Å². The summed E-state index contributed by atoms with van der Waals surface area (Å²) in [5, 5.41) is 12.2. The Morgan fingerprint density at radius 1 is 1.38 bits per heavy atom. The van der Waals surface area contributed by atoms with Gasteiger partial charge in [-0.25, -0.2) is 0 Å². The van der Waals surface area contributed by atoms with Crippen LogP contribution in [0.1, 0.15) is 46.5 Å². The van der Waals surface area contributed by atoms with Crippen LogP contribution in [0.2, 0.25) is 0 Å². The van der Waals surface area contributed by atoms with E-state index in [4.69, 9.17) is 4.74 Å². The number of carbonyl (C=O) groups is 1. The van der Waals surface area contributed by atoms with Crippen LogP contribution in [-0.2, 0) is 9.53 Å². The topological polar surface area (TPSA) is 58.6 Å². The molecule has 0 spiro atoms. The fraction of sp³-hybridized carbons (Fsp3) is 0.917. The second-order valence-electron chi connectivity index (χ2n) is 5.59. The Labute approximate surface area is 97.4 Å². The molecule has 94 valence electrons. The van der Waals surface area contributed by atoms with Crippen LogP contribution in [-0.4, -0.2) is 35.4 Å². The van der Waals surface area contributed by atoms with Gasteiger partial charge in [-0.1, -0.05) is 12.8 Å². The zero-order valence-electron chi connectivity index (χ0n) is 10.5. The number of hydrogen-bond donors (Lipinski definition) is 2. The molecule has 4 nitrogen and oxygen atoms in total. The van der Waals surface area contributed by atoms with Crippen molar-refractivity contribution in [2.45, 2.75) is 57.6 Å². The second-order valence-corrected chi connectivity index (χ2v) is 5.59. The first-order valence-corrected chi connectivity index (χ1v) is 5.93. The molecule has 0 aromatic rings. The Morgan fingerprint density at radius 2 is 1.94 bits per heavy atom. The molecule has 2 N–H and O–H groups in total. The van der Waals surface area contributed by atoms with Gasteiger partial charge in [-0.3, -0.25) is 4.79 Å². The molecule has 4 heteroatoms. The van der Waals surface area contributed by atoms with E-state index >= 15 is 0 Å². The summed E-state index contributed by atoms with van der Waals surface area (Å²) in [6.45, 7) is 5.83. The lowest BCUT2D eigenvalue weighted by Crippen LogP contribution is -2.50. The molecule has 0 aromatic carbocycles. The lowest BCUT2D eigenvalue weighted by Gasteiger charge is -2.28. The van der Waals surface area contributed by atoms with Gasteiger partial charge in [0.1, 0.15) is 6.61 Å². The number of aliphatic hydroxyl groups excluding tert-OH is 1. The minimum absolute atomic E-state index is 0.0221. The highest BCUT2D eigenvalue weighted by Crippen LogP contribution is 2.28. The average Bonchev–Trinajstić information content (AvgIpc) is 2.63. The molecular formula is C12H23NO3. The third kappa shape index (κ3) is 4.10. The van der Waals surface area contributed by atoms with Crippen LogP contribution < -0.4 is 5.32 Å². The molecule has 1 aliphatic rings. The van der Waals surface area contributed by atoms with Gasteiger partial charge in [0, 0.05) is 0 Å². The summed E-state index contributed by atoms with van der Waals surface area (Å²) in [4.78, 5) is 11.7. The van der Waals surface area contributed by atoms with Gasteiger partial charge in [-0.2, -0.15) is 0 Å². The van der Waals surface area contributed by atoms with E-state index in [0.717, 1.165) is 25.7 Å². The molecule has 1 aliphatic carbocycles. The van der Waals surface area contributed by atoms with Gasteiger partial charge in [0.15, 0.2) is 0 Å². The van der Waals surface area contributed by atoms with E-state index in [1.165, 1.54) is 0 Å². The minimum Gasteiger partial charge on any atom is -0.394 e. The highest BCUT2D eigenvalue weighted by molar-refractivity contribution is 5.78. The zero-order valence-corrected chi connectivity index (χ0v) is 10.5. The van der Waals surface area contributed by atoms with E-state index in [-0.39, 0.29) is 24.7 Å². The largest absolute Gasteiger partial charge is 0.394 e. The monoisotopic (exact) mass is 229 g/mol. The van der Waals surface area contributed by atoms with Crippen molar-refractivity contribution < 1.29 is 14.6 Å². The summed E-state index contributed by atoms with van der Waals surface area (Å²) in [5.74, 6) is -0.133. The maximum absolute atomic E-state index is 11.7. The van der Waals surface area contributed by atoms with E-state index in [1.54, 1.807) is 0 Å². The van der Waals surface area contributed by atoms with E-state index in [9.17, 15) is 9.90 Å². The first-order chi connectivity index (χ1) is 7.37. The van der Waals surface area contributed by atoms with Crippen LogP contribution in [0.25, 0.3) is 0 Å². The SMILES string of the molecule is CC(C)(C)OCC(=O)NC1(CO)CCCC1. The fourth-order valence-electron chi connectivity index (χ4n) is 1.99. The molecule has 0 bridgehead atoms. The summed E-state index contributed by atoms with van der Waals surface area (Å²) in [7, 11) is 0. The van der Waals surface area contributed by atoms with Gasteiger partial charge < -0.3 is 15.2 Å². The maximum Gasteiger partial charge on any atom is 0.246 e. The lowest BCUT2D eigenvalue weighted by atomic mass is 9.99. The highest BCUT2D eigenvalue weighted by atomic mass is 16.5. The van der Waals surface area contributed by atoms with Gasteiger partial charge >= 0.3 is 0 Å². The van der Waals surface area contributed by atoms with Crippen LogP contribution in [0.4, 0.5) is 0 Å². The van der Waals surface area contributed by atoms with E-state index < -0.39 is 5.54 Å². The molecule has 0 radical (unpaired) electrons. The van der Waals surface area contributed by atoms with Crippen molar-refractivity contribution in [2.24, 2.45) is 0 Å². The molecule has 0 aliphatic heterocycles. The molecule has 1 fully saturated rings. The third-order valence-electron chi connectivity index (χ3n) is 2.90. The Kier molecular flexibility index (Phi) is 4.33. The van der Waals surface area contributed by atoms with Gasteiger partial charge in [0.05, 0.1) is 17.7 Å². The van der Waals surface area contributed by atoms with Gasteiger partial charge in [-0.15, -0.1) is 0 Å². The van der Waals surface area contributed by atoms with Crippen molar-refractivity contribution in [3.8, 4) is 0 Å². The maximum atomic E-state index is 11.7. The van der Waals surface area contributed by atoms with Crippen LogP contribution in [0, 0.1) is 0 Å². The van der Waals surface area contributed by atoms with Crippen molar-refractivity contribution in [3.05, 3.63) is 0 Å². The van der Waals surface area contributed by atoms with Crippen LogP contribution in [0.3, 0.4) is 0 Å². The number of hydrogen-bond acceptors (Lipinski definition) is 3. The first-order valence-electron chi connectivity index (χ1n) is 5.93. The smallest absolute Gasteiger partial charge is 0.246 e. The van der Waals surface area contributed by atoms with E-state index in [0.29, 0.717) is 0 Å². The van der Waals surface area contributed by atoms with Crippen LogP contribution >= 0.6 is 0 Å². The van der Waals surface area contributed by atoms with Gasteiger partial charge in [-0.05, 0) is 33.6 Å². The summed E-state index contributed by atoms with van der Waals surface area (Å²) < 4.78 is 5.40. The zero-order chi connectivity index (χ0) is 12.2. The summed E-state index contributed by atoms with van der Waals surface area (Å²) in [6.07, 6.45) is 3.87. The molecule has 0 aromatic heterocycles. The number of nitrogens with one attached hydrogen (secondary N) is 1. The van der Waals surface area contributed by atoms with Crippen molar-refractivity contribution in [3.63, 3.8) is 0 Å². The van der Waals surface area contributed by atoms with Gasteiger partial charge in [0.25, 0.3) is 0 Å². The summed E-state index contributed by atoms with van der Waals surface area (Å²) in [6, 6.07) is 0. The minimum atomic E-state index is -0.391. The molecule has 1 amide bonds. The van der Waals surface area contributed by atoms with Crippen molar-refractivity contribution in [1.82, 2.24) is 5.32 Å². The molecule has 0 saturated heterocycles. The van der Waals surface area contributed by atoms with Crippen molar-refractivity contribution >= 4 is 5.91 Å². The average molecular weight is 229 g/mol. The third-order valence-corrected chi connectivity index (χ3v) is 2.90.